The van der Waals surface area contributed by atoms with Gasteiger partial charge >= 0.3 is 6.09 Å². The Hall–Kier alpha value is -2.47. The minimum atomic E-state index is -0.572. The second-order valence-electron chi connectivity index (χ2n) is 7.15. The summed E-state index contributed by atoms with van der Waals surface area (Å²) in [5.41, 5.74) is 1.30. The van der Waals surface area contributed by atoms with E-state index in [-0.39, 0.29) is 24.4 Å². The molecule has 2 rings (SSSR count). The van der Waals surface area contributed by atoms with E-state index in [4.69, 9.17) is 4.74 Å². The van der Waals surface area contributed by atoms with Crippen molar-refractivity contribution in [2.75, 3.05) is 5.32 Å². The molecule has 0 unspecified atom stereocenters. The summed E-state index contributed by atoms with van der Waals surface area (Å²) in [5.74, 6) is -0.355. The van der Waals surface area contributed by atoms with Crippen molar-refractivity contribution in [1.82, 2.24) is 0 Å². The average Bonchev–Trinajstić information content (AvgIpc) is 2.55. The van der Waals surface area contributed by atoms with E-state index in [1.54, 1.807) is 69.3 Å². The van der Waals surface area contributed by atoms with E-state index >= 15 is 0 Å². The Balaban J connectivity index is 1.88. The molecule has 0 radical (unpaired) electrons. The maximum absolute atomic E-state index is 12.2. The van der Waals surface area contributed by atoms with Crippen LogP contribution in [0.1, 0.15) is 43.1 Å². The molecule has 0 aromatic heterocycles. The van der Waals surface area contributed by atoms with E-state index in [1.807, 2.05) is 0 Å². The van der Waals surface area contributed by atoms with Crippen molar-refractivity contribution in [2.24, 2.45) is 0 Å². The number of ether oxygens (including phenoxy) is 1. The molecule has 0 spiro atoms. The summed E-state index contributed by atoms with van der Waals surface area (Å²) in [6.45, 7) is 5.37. The van der Waals surface area contributed by atoms with Gasteiger partial charge in [0.25, 0.3) is 0 Å². The van der Waals surface area contributed by atoms with E-state index in [0.717, 1.165) is 10.0 Å². The topological polar surface area (TPSA) is 72.5 Å². The number of halogens is 1. The molecule has 2 aromatic carbocycles. The maximum Gasteiger partial charge on any atom is 0.412 e. The normalized spacial score (nSPS) is 11.0. The summed E-state index contributed by atoms with van der Waals surface area (Å²) in [6.07, 6.45) is -0.513. The number of carbonyl (C=O) groups excluding carboxylic acids is 3. The SMILES string of the molecule is CC(C)(C)OC(=O)Nc1ccc(CC(=O)CC(=O)c2ccc(Br)cc2)cc1. The largest absolute Gasteiger partial charge is 0.444 e. The summed E-state index contributed by atoms with van der Waals surface area (Å²) in [4.78, 5) is 36.1. The van der Waals surface area contributed by atoms with Gasteiger partial charge in [0.15, 0.2) is 5.78 Å². The minimum Gasteiger partial charge on any atom is -0.444 e. The Morgan fingerprint density at radius 1 is 0.963 bits per heavy atom. The van der Waals surface area contributed by atoms with Crippen molar-refractivity contribution in [3.8, 4) is 0 Å². The van der Waals surface area contributed by atoms with Gasteiger partial charge in [-0.25, -0.2) is 4.79 Å². The molecule has 0 saturated carbocycles. The van der Waals surface area contributed by atoms with Gasteiger partial charge in [-0.3, -0.25) is 14.9 Å². The zero-order valence-electron chi connectivity index (χ0n) is 15.5. The van der Waals surface area contributed by atoms with E-state index in [9.17, 15) is 14.4 Å². The highest BCUT2D eigenvalue weighted by Crippen LogP contribution is 2.15. The highest BCUT2D eigenvalue weighted by Gasteiger charge is 2.16. The number of rotatable bonds is 6. The first-order valence-electron chi connectivity index (χ1n) is 8.52. The summed E-state index contributed by atoms with van der Waals surface area (Å²) in [5, 5.41) is 2.63. The second kappa shape index (κ2) is 8.95. The van der Waals surface area contributed by atoms with Crippen LogP contribution in [0.2, 0.25) is 0 Å². The molecule has 0 aliphatic carbocycles. The van der Waals surface area contributed by atoms with Gasteiger partial charge in [-0.2, -0.15) is 0 Å². The van der Waals surface area contributed by atoms with Crippen LogP contribution in [0, 0.1) is 0 Å². The number of carbonyl (C=O) groups is 3. The zero-order valence-corrected chi connectivity index (χ0v) is 17.1. The summed E-state index contributed by atoms with van der Waals surface area (Å²) >= 11 is 3.31. The van der Waals surface area contributed by atoms with Gasteiger partial charge in [0.05, 0.1) is 6.42 Å². The zero-order chi connectivity index (χ0) is 20.0. The van der Waals surface area contributed by atoms with Gasteiger partial charge in [-0.05, 0) is 50.6 Å². The number of hydrogen-bond acceptors (Lipinski definition) is 4. The molecule has 1 amide bonds. The Labute approximate surface area is 167 Å². The molecular formula is C21H22BrNO4. The predicted octanol–water partition coefficient (Wildman–Crippen LogP) is 5.18. The summed E-state index contributed by atoms with van der Waals surface area (Å²) in [6, 6.07) is 13.8. The van der Waals surface area contributed by atoms with Crippen LogP contribution >= 0.6 is 15.9 Å². The lowest BCUT2D eigenvalue weighted by atomic mass is 10.0. The Bertz CT molecular complexity index is 821. The number of hydrogen-bond donors (Lipinski definition) is 1. The molecule has 0 heterocycles. The minimum absolute atomic E-state index is 0.139. The second-order valence-corrected chi connectivity index (χ2v) is 8.06. The molecule has 0 bridgehead atoms. The monoisotopic (exact) mass is 431 g/mol. The smallest absolute Gasteiger partial charge is 0.412 e. The van der Waals surface area contributed by atoms with E-state index in [1.165, 1.54) is 0 Å². The Morgan fingerprint density at radius 3 is 2.11 bits per heavy atom. The standard InChI is InChI=1S/C21H22BrNO4/c1-21(2,3)27-20(26)23-17-10-4-14(5-11-17)12-18(24)13-19(25)15-6-8-16(22)9-7-15/h4-11H,12-13H2,1-3H3,(H,23,26). The lowest BCUT2D eigenvalue weighted by Crippen LogP contribution is -2.27. The highest BCUT2D eigenvalue weighted by atomic mass is 79.9. The van der Waals surface area contributed by atoms with Crippen molar-refractivity contribution in [3.63, 3.8) is 0 Å². The summed E-state index contributed by atoms with van der Waals surface area (Å²) < 4.78 is 6.07. The molecule has 1 N–H and O–H groups in total. The molecule has 0 aliphatic heterocycles. The lowest BCUT2D eigenvalue weighted by molar-refractivity contribution is -0.117. The van der Waals surface area contributed by atoms with Crippen molar-refractivity contribution in [3.05, 3.63) is 64.1 Å². The fourth-order valence-corrected chi connectivity index (χ4v) is 2.60. The third-order valence-electron chi connectivity index (χ3n) is 3.52. The molecule has 6 heteroatoms. The van der Waals surface area contributed by atoms with Gasteiger partial charge < -0.3 is 4.74 Å². The Kier molecular flexibility index (Phi) is 6.91. The quantitative estimate of drug-likeness (QED) is 0.504. The van der Waals surface area contributed by atoms with Crippen LogP contribution in [0.15, 0.2) is 53.0 Å². The van der Waals surface area contributed by atoms with Gasteiger partial charge in [-0.15, -0.1) is 0 Å². The van der Waals surface area contributed by atoms with Crippen LogP contribution < -0.4 is 5.32 Å². The van der Waals surface area contributed by atoms with Gasteiger partial charge in [0.1, 0.15) is 11.4 Å². The average molecular weight is 432 g/mol. The van der Waals surface area contributed by atoms with Gasteiger partial charge in [0.2, 0.25) is 0 Å². The number of benzene rings is 2. The molecule has 27 heavy (non-hydrogen) atoms. The third-order valence-corrected chi connectivity index (χ3v) is 4.05. The van der Waals surface area contributed by atoms with Crippen LogP contribution in [0.5, 0.6) is 0 Å². The van der Waals surface area contributed by atoms with E-state index < -0.39 is 11.7 Å². The number of Topliss-reactive ketones (excluding diaryl/α,β-unsaturated/α-hetero) is 2. The first-order valence-corrected chi connectivity index (χ1v) is 9.31. The molecule has 0 aliphatic rings. The number of anilines is 1. The first kappa shape index (κ1) is 20.8. The first-order chi connectivity index (χ1) is 12.6. The molecule has 5 nitrogen and oxygen atoms in total. The fraction of sp³-hybridized carbons (Fsp3) is 0.286. The van der Waals surface area contributed by atoms with Crippen LogP contribution in [-0.4, -0.2) is 23.3 Å². The predicted molar refractivity (Wildman–Crippen MR) is 108 cm³/mol. The highest BCUT2D eigenvalue weighted by molar-refractivity contribution is 9.10. The number of amides is 1. The molecule has 0 saturated heterocycles. The molecule has 2 aromatic rings. The molecule has 142 valence electrons. The number of nitrogens with one attached hydrogen (secondary N) is 1. The van der Waals surface area contributed by atoms with Crippen LogP contribution in [0.3, 0.4) is 0 Å². The van der Waals surface area contributed by atoms with Crippen molar-refractivity contribution in [2.45, 2.75) is 39.2 Å². The lowest BCUT2D eigenvalue weighted by Gasteiger charge is -2.19. The molecule has 0 fully saturated rings. The maximum atomic E-state index is 12.2. The van der Waals surface area contributed by atoms with Crippen molar-refractivity contribution in [1.29, 1.82) is 0 Å². The van der Waals surface area contributed by atoms with Crippen LogP contribution in [0.25, 0.3) is 0 Å². The number of ketones is 2. The van der Waals surface area contributed by atoms with Crippen molar-refractivity contribution < 1.29 is 19.1 Å². The molecular weight excluding hydrogens is 410 g/mol. The third kappa shape index (κ3) is 7.35. The van der Waals surface area contributed by atoms with E-state index in [2.05, 4.69) is 21.2 Å². The van der Waals surface area contributed by atoms with E-state index in [0.29, 0.717) is 11.3 Å². The van der Waals surface area contributed by atoms with Gasteiger partial charge in [0, 0.05) is 22.1 Å². The van der Waals surface area contributed by atoms with Crippen LogP contribution in [-0.2, 0) is 16.0 Å². The van der Waals surface area contributed by atoms with Crippen molar-refractivity contribution >= 4 is 39.3 Å². The van der Waals surface area contributed by atoms with Crippen LogP contribution in [0.4, 0.5) is 10.5 Å². The fourth-order valence-electron chi connectivity index (χ4n) is 2.33. The van der Waals surface area contributed by atoms with Gasteiger partial charge in [-0.1, -0.05) is 40.2 Å². The summed E-state index contributed by atoms with van der Waals surface area (Å²) in [7, 11) is 0. The Morgan fingerprint density at radius 2 is 1.56 bits per heavy atom. The molecule has 0 atom stereocenters.